The van der Waals surface area contributed by atoms with Gasteiger partial charge in [0.25, 0.3) is 0 Å². The zero-order valence-corrected chi connectivity index (χ0v) is 8.73. The van der Waals surface area contributed by atoms with E-state index in [1.807, 2.05) is 0 Å². The topological polar surface area (TPSA) is 75.1 Å². The highest BCUT2D eigenvalue weighted by Crippen LogP contribution is 2.02. The maximum absolute atomic E-state index is 10.8. The lowest BCUT2D eigenvalue weighted by atomic mass is 10.2. The second-order valence-electron chi connectivity index (χ2n) is 3.22. The van der Waals surface area contributed by atoms with Gasteiger partial charge >= 0.3 is 5.97 Å². The molecule has 0 fully saturated rings. The van der Waals surface area contributed by atoms with Gasteiger partial charge < -0.3 is 10.4 Å². The van der Waals surface area contributed by atoms with Crippen LogP contribution in [0.15, 0.2) is 12.5 Å². The predicted octanol–water partition coefficient (Wildman–Crippen LogP) is 1.06. The van der Waals surface area contributed by atoms with E-state index in [0.29, 0.717) is 12.2 Å². The van der Waals surface area contributed by atoms with Crippen LogP contribution in [0.1, 0.15) is 35.8 Å². The molecule has 0 unspecified atom stereocenters. The molecule has 5 nitrogen and oxygen atoms in total. The summed E-state index contributed by atoms with van der Waals surface area (Å²) in [6.45, 7) is 3.46. The van der Waals surface area contributed by atoms with E-state index in [9.17, 15) is 4.79 Å². The summed E-state index contributed by atoms with van der Waals surface area (Å²) < 4.78 is 0. The minimum absolute atomic E-state index is 0.168. The Bertz CT molecular complexity index is 328. The maximum Gasteiger partial charge on any atom is 0.339 e. The Balaban J connectivity index is 2.56. The van der Waals surface area contributed by atoms with Crippen molar-refractivity contribution < 1.29 is 9.90 Å². The summed E-state index contributed by atoms with van der Waals surface area (Å²) in [5.41, 5.74) is 0.704. The van der Waals surface area contributed by atoms with Crippen molar-refractivity contribution in [2.24, 2.45) is 0 Å². The highest BCUT2D eigenvalue weighted by Gasteiger charge is 2.10. The van der Waals surface area contributed by atoms with Crippen molar-refractivity contribution in [1.82, 2.24) is 15.3 Å². The summed E-state index contributed by atoms with van der Waals surface area (Å²) in [6.07, 6.45) is 4.88. The van der Waals surface area contributed by atoms with Crippen LogP contribution in [-0.2, 0) is 6.54 Å². The highest BCUT2D eigenvalue weighted by atomic mass is 16.4. The highest BCUT2D eigenvalue weighted by molar-refractivity contribution is 5.88. The van der Waals surface area contributed by atoms with Crippen molar-refractivity contribution in [2.75, 3.05) is 6.54 Å². The fourth-order valence-electron chi connectivity index (χ4n) is 1.18. The Morgan fingerprint density at radius 3 is 3.07 bits per heavy atom. The number of carboxylic acid groups (broad SMARTS) is 1. The van der Waals surface area contributed by atoms with Crippen LogP contribution in [0.25, 0.3) is 0 Å². The summed E-state index contributed by atoms with van der Waals surface area (Å²) in [5.74, 6) is -0.983. The third-order valence-electron chi connectivity index (χ3n) is 2.02. The lowest BCUT2D eigenvalue weighted by molar-refractivity contribution is 0.0694. The molecule has 15 heavy (non-hydrogen) atoms. The van der Waals surface area contributed by atoms with Crippen molar-refractivity contribution in [3.05, 3.63) is 23.8 Å². The van der Waals surface area contributed by atoms with E-state index in [1.165, 1.54) is 12.5 Å². The van der Waals surface area contributed by atoms with E-state index in [4.69, 9.17) is 5.11 Å². The molecule has 0 saturated heterocycles. The lowest BCUT2D eigenvalue weighted by Gasteiger charge is -2.05. The van der Waals surface area contributed by atoms with Crippen molar-refractivity contribution in [2.45, 2.75) is 26.3 Å². The van der Waals surface area contributed by atoms with Gasteiger partial charge in [0, 0.05) is 12.7 Å². The molecule has 1 heterocycles. The third-order valence-corrected chi connectivity index (χ3v) is 2.02. The van der Waals surface area contributed by atoms with Crippen LogP contribution in [0.4, 0.5) is 0 Å². The molecular weight excluding hydrogens is 194 g/mol. The smallest absolute Gasteiger partial charge is 0.339 e. The molecule has 0 bridgehead atoms. The Hall–Kier alpha value is -1.49. The predicted molar refractivity (Wildman–Crippen MR) is 55.6 cm³/mol. The van der Waals surface area contributed by atoms with E-state index in [2.05, 4.69) is 22.2 Å². The van der Waals surface area contributed by atoms with Gasteiger partial charge in [-0.25, -0.2) is 14.8 Å². The van der Waals surface area contributed by atoms with Gasteiger partial charge in [-0.2, -0.15) is 0 Å². The molecule has 0 spiro atoms. The van der Waals surface area contributed by atoms with E-state index >= 15 is 0 Å². The molecule has 1 aromatic heterocycles. The summed E-state index contributed by atoms with van der Waals surface area (Å²) in [6, 6.07) is 0. The second-order valence-corrected chi connectivity index (χ2v) is 3.22. The molecule has 0 saturated carbocycles. The van der Waals surface area contributed by atoms with Crippen LogP contribution in [0.5, 0.6) is 0 Å². The molecular formula is C10H15N3O2. The first-order valence-corrected chi connectivity index (χ1v) is 4.98. The molecule has 2 N–H and O–H groups in total. The van der Waals surface area contributed by atoms with Gasteiger partial charge in [-0.3, -0.25) is 0 Å². The number of unbranched alkanes of at least 4 members (excludes halogenated alkanes) is 1. The van der Waals surface area contributed by atoms with E-state index < -0.39 is 5.97 Å². The number of carbonyl (C=O) groups is 1. The van der Waals surface area contributed by atoms with Crippen LogP contribution in [0.3, 0.4) is 0 Å². The first kappa shape index (κ1) is 11.6. The number of carboxylic acids is 1. The normalized spacial score (nSPS) is 10.2. The van der Waals surface area contributed by atoms with Crippen LogP contribution in [-0.4, -0.2) is 27.6 Å². The molecule has 0 aliphatic rings. The molecule has 82 valence electrons. The van der Waals surface area contributed by atoms with Gasteiger partial charge in [0.05, 0.1) is 5.69 Å². The minimum atomic E-state index is -0.983. The van der Waals surface area contributed by atoms with Crippen LogP contribution in [0, 0.1) is 0 Å². The second kappa shape index (κ2) is 6.08. The molecule has 0 radical (unpaired) electrons. The SMILES string of the molecule is CCCCNCc1ncncc1C(=O)O. The zero-order valence-electron chi connectivity index (χ0n) is 8.73. The number of hydrogen-bond acceptors (Lipinski definition) is 4. The molecule has 1 rings (SSSR count). The van der Waals surface area contributed by atoms with Crippen LogP contribution >= 0.6 is 0 Å². The van der Waals surface area contributed by atoms with E-state index in [0.717, 1.165) is 19.4 Å². The van der Waals surface area contributed by atoms with Crippen LogP contribution < -0.4 is 5.32 Å². The molecule has 0 atom stereocenters. The van der Waals surface area contributed by atoms with Gasteiger partial charge in [-0.05, 0) is 13.0 Å². The summed E-state index contributed by atoms with van der Waals surface area (Å²) in [4.78, 5) is 18.4. The first-order chi connectivity index (χ1) is 7.25. The summed E-state index contributed by atoms with van der Waals surface area (Å²) in [5, 5.41) is 12.0. The number of aromatic carboxylic acids is 1. The fourth-order valence-corrected chi connectivity index (χ4v) is 1.18. The average Bonchev–Trinajstić information content (AvgIpc) is 2.25. The molecule has 0 aliphatic carbocycles. The largest absolute Gasteiger partial charge is 0.478 e. The Kier molecular flexibility index (Phi) is 4.70. The lowest BCUT2D eigenvalue weighted by Crippen LogP contribution is -2.18. The summed E-state index contributed by atoms with van der Waals surface area (Å²) in [7, 11) is 0. The third kappa shape index (κ3) is 3.63. The van der Waals surface area contributed by atoms with Crippen molar-refractivity contribution in [1.29, 1.82) is 0 Å². The fraction of sp³-hybridized carbons (Fsp3) is 0.500. The Labute approximate surface area is 88.6 Å². The van der Waals surface area contributed by atoms with Crippen molar-refractivity contribution in [3.63, 3.8) is 0 Å². The van der Waals surface area contributed by atoms with Gasteiger partial charge in [0.1, 0.15) is 11.9 Å². The van der Waals surface area contributed by atoms with Gasteiger partial charge in [0.2, 0.25) is 0 Å². The number of rotatable bonds is 6. The maximum atomic E-state index is 10.8. The number of nitrogens with one attached hydrogen (secondary N) is 1. The summed E-state index contributed by atoms with van der Waals surface area (Å²) >= 11 is 0. The Morgan fingerprint density at radius 1 is 1.60 bits per heavy atom. The van der Waals surface area contributed by atoms with Gasteiger partial charge in [0.15, 0.2) is 0 Å². The molecule has 1 aromatic rings. The molecule has 0 aromatic carbocycles. The number of aromatic nitrogens is 2. The molecule has 0 aliphatic heterocycles. The minimum Gasteiger partial charge on any atom is -0.478 e. The first-order valence-electron chi connectivity index (χ1n) is 4.98. The van der Waals surface area contributed by atoms with Gasteiger partial charge in [-0.15, -0.1) is 0 Å². The van der Waals surface area contributed by atoms with Crippen molar-refractivity contribution in [3.8, 4) is 0 Å². The van der Waals surface area contributed by atoms with Crippen molar-refractivity contribution >= 4 is 5.97 Å². The van der Waals surface area contributed by atoms with Crippen LogP contribution in [0.2, 0.25) is 0 Å². The zero-order chi connectivity index (χ0) is 11.1. The number of hydrogen-bond donors (Lipinski definition) is 2. The molecule has 0 amide bonds. The standard InChI is InChI=1S/C10H15N3O2/c1-2-3-4-11-6-9-8(10(14)15)5-12-7-13-9/h5,7,11H,2-4,6H2,1H3,(H,14,15). The quantitative estimate of drug-likeness (QED) is 0.685. The number of nitrogens with zero attached hydrogens (tertiary/aromatic N) is 2. The van der Waals surface area contributed by atoms with E-state index in [-0.39, 0.29) is 5.56 Å². The van der Waals surface area contributed by atoms with E-state index in [1.54, 1.807) is 0 Å². The monoisotopic (exact) mass is 209 g/mol. The Morgan fingerprint density at radius 2 is 2.40 bits per heavy atom. The average molecular weight is 209 g/mol. The molecule has 5 heteroatoms. The van der Waals surface area contributed by atoms with Gasteiger partial charge in [-0.1, -0.05) is 13.3 Å².